The second-order valence-corrected chi connectivity index (χ2v) is 7.60. The van der Waals surface area contributed by atoms with Gasteiger partial charge < -0.3 is 24.6 Å². The van der Waals surface area contributed by atoms with Crippen LogP contribution in [0.25, 0.3) is 0 Å². The van der Waals surface area contributed by atoms with Crippen molar-refractivity contribution in [2.24, 2.45) is 13.0 Å². The van der Waals surface area contributed by atoms with E-state index < -0.39 is 11.6 Å². The van der Waals surface area contributed by atoms with E-state index in [4.69, 9.17) is 9.84 Å². The SMILES string of the molecule is Cc1c(C(=O)O)cc(CNCC(C)CN(C)C(=O)OC(C)(C)C)n1C. The van der Waals surface area contributed by atoms with Gasteiger partial charge in [0, 0.05) is 38.6 Å². The summed E-state index contributed by atoms with van der Waals surface area (Å²) in [6.07, 6.45) is -0.330. The highest BCUT2D eigenvalue weighted by atomic mass is 16.6. The van der Waals surface area contributed by atoms with E-state index in [0.29, 0.717) is 25.2 Å². The van der Waals surface area contributed by atoms with Gasteiger partial charge in [0.15, 0.2) is 0 Å². The summed E-state index contributed by atoms with van der Waals surface area (Å²) in [5, 5.41) is 12.5. The molecule has 0 saturated carbocycles. The number of hydrogen-bond donors (Lipinski definition) is 2. The van der Waals surface area contributed by atoms with Gasteiger partial charge in [0.25, 0.3) is 0 Å². The molecule has 25 heavy (non-hydrogen) atoms. The van der Waals surface area contributed by atoms with Gasteiger partial charge in [0.1, 0.15) is 5.60 Å². The van der Waals surface area contributed by atoms with E-state index in [-0.39, 0.29) is 12.0 Å². The molecule has 0 fully saturated rings. The molecule has 7 nitrogen and oxygen atoms in total. The molecule has 1 rings (SSSR count). The largest absolute Gasteiger partial charge is 0.478 e. The molecule has 142 valence electrons. The van der Waals surface area contributed by atoms with Crippen LogP contribution >= 0.6 is 0 Å². The number of carboxylic acids is 1. The normalized spacial score (nSPS) is 12.8. The summed E-state index contributed by atoms with van der Waals surface area (Å²) < 4.78 is 7.22. The number of nitrogens with zero attached hydrogens (tertiary/aromatic N) is 2. The lowest BCUT2D eigenvalue weighted by Gasteiger charge is -2.26. The van der Waals surface area contributed by atoms with Crippen molar-refractivity contribution in [3.05, 3.63) is 23.0 Å². The Kier molecular flexibility index (Phi) is 7.05. The molecule has 0 radical (unpaired) electrons. The highest BCUT2D eigenvalue weighted by Gasteiger charge is 2.21. The van der Waals surface area contributed by atoms with Crippen LogP contribution in [0, 0.1) is 12.8 Å². The van der Waals surface area contributed by atoms with Gasteiger partial charge in [-0.05, 0) is 46.2 Å². The van der Waals surface area contributed by atoms with E-state index in [1.165, 1.54) is 0 Å². The Balaban J connectivity index is 2.47. The molecule has 0 aliphatic heterocycles. The third-order valence-electron chi connectivity index (χ3n) is 3.95. The first-order valence-corrected chi connectivity index (χ1v) is 8.45. The van der Waals surface area contributed by atoms with Gasteiger partial charge in [-0.25, -0.2) is 9.59 Å². The average molecular weight is 353 g/mol. The fourth-order valence-electron chi connectivity index (χ4n) is 2.54. The van der Waals surface area contributed by atoms with Crippen LogP contribution in [-0.2, 0) is 18.3 Å². The number of nitrogens with one attached hydrogen (secondary N) is 1. The summed E-state index contributed by atoms with van der Waals surface area (Å²) in [4.78, 5) is 24.7. The van der Waals surface area contributed by atoms with E-state index in [1.54, 1.807) is 24.9 Å². The van der Waals surface area contributed by atoms with Gasteiger partial charge in [-0.3, -0.25) is 0 Å². The number of ether oxygens (including phenoxy) is 1. The number of hydrogen-bond acceptors (Lipinski definition) is 4. The molecule has 1 aromatic rings. The Morgan fingerprint density at radius 3 is 2.48 bits per heavy atom. The van der Waals surface area contributed by atoms with Crippen LogP contribution in [0.2, 0.25) is 0 Å². The van der Waals surface area contributed by atoms with E-state index in [2.05, 4.69) is 5.32 Å². The zero-order valence-electron chi connectivity index (χ0n) is 16.3. The third-order valence-corrected chi connectivity index (χ3v) is 3.95. The standard InChI is InChI=1S/C18H31N3O4/c1-12(11-20(6)17(24)25-18(3,4)5)9-19-10-14-8-15(16(22)23)13(2)21(14)7/h8,12,19H,9-11H2,1-7H3,(H,22,23). The van der Waals surface area contributed by atoms with Gasteiger partial charge in [0.05, 0.1) is 5.56 Å². The number of amides is 1. The third kappa shape index (κ3) is 6.42. The molecule has 1 aromatic heterocycles. The summed E-state index contributed by atoms with van der Waals surface area (Å²) in [5.74, 6) is -0.676. The summed E-state index contributed by atoms with van der Waals surface area (Å²) >= 11 is 0. The Labute approximate surface area is 150 Å². The van der Waals surface area contributed by atoms with Crippen molar-refractivity contribution in [3.63, 3.8) is 0 Å². The predicted octanol–water partition coefficient (Wildman–Crippen LogP) is 2.62. The molecule has 0 aliphatic rings. The van der Waals surface area contributed by atoms with E-state index in [9.17, 15) is 9.59 Å². The molecule has 1 amide bonds. The van der Waals surface area contributed by atoms with Crippen molar-refractivity contribution < 1.29 is 19.4 Å². The van der Waals surface area contributed by atoms with Crippen molar-refractivity contribution >= 4 is 12.1 Å². The van der Waals surface area contributed by atoms with Crippen LogP contribution in [0.15, 0.2) is 6.07 Å². The maximum absolute atomic E-state index is 12.0. The highest BCUT2D eigenvalue weighted by Crippen LogP contribution is 2.14. The molecular formula is C18H31N3O4. The van der Waals surface area contributed by atoms with Crippen LogP contribution in [0.5, 0.6) is 0 Å². The predicted molar refractivity (Wildman–Crippen MR) is 96.8 cm³/mol. The van der Waals surface area contributed by atoms with Gasteiger partial charge in [0.2, 0.25) is 0 Å². The first kappa shape index (κ1) is 21.0. The molecule has 7 heteroatoms. The first-order chi connectivity index (χ1) is 11.4. The average Bonchev–Trinajstić information content (AvgIpc) is 2.74. The summed E-state index contributed by atoms with van der Waals surface area (Å²) in [6, 6.07) is 1.70. The molecule has 0 saturated heterocycles. The van der Waals surface area contributed by atoms with Crippen molar-refractivity contribution in [1.82, 2.24) is 14.8 Å². The topological polar surface area (TPSA) is 83.8 Å². The molecule has 1 unspecified atom stereocenters. The number of aromatic carboxylic acids is 1. The van der Waals surface area contributed by atoms with Crippen LogP contribution in [0.1, 0.15) is 49.4 Å². The second kappa shape index (κ2) is 8.38. The molecule has 1 heterocycles. The van der Waals surface area contributed by atoms with Crippen LogP contribution < -0.4 is 5.32 Å². The van der Waals surface area contributed by atoms with Gasteiger partial charge >= 0.3 is 12.1 Å². The van der Waals surface area contributed by atoms with Crippen LogP contribution in [0.3, 0.4) is 0 Å². The van der Waals surface area contributed by atoms with Gasteiger partial charge in [-0.15, -0.1) is 0 Å². The molecular weight excluding hydrogens is 322 g/mol. The van der Waals surface area contributed by atoms with Crippen LogP contribution in [0.4, 0.5) is 4.79 Å². The van der Waals surface area contributed by atoms with Gasteiger partial charge in [-0.2, -0.15) is 0 Å². The van der Waals surface area contributed by atoms with Crippen molar-refractivity contribution in [2.75, 3.05) is 20.1 Å². The summed E-state index contributed by atoms with van der Waals surface area (Å²) in [5.41, 5.74) is 1.49. The Morgan fingerprint density at radius 1 is 1.40 bits per heavy atom. The molecule has 0 aromatic carbocycles. The minimum Gasteiger partial charge on any atom is -0.478 e. The maximum atomic E-state index is 12.0. The monoisotopic (exact) mass is 353 g/mol. The molecule has 0 spiro atoms. The second-order valence-electron chi connectivity index (χ2n) is 7.60. The zero-order chi connectivity index (χ0) is 19.4. The number of carbonyl (C=O) groups excluding carboxylic acids is 1. The lowest BCUT2D eigenvalue weighted by molar-refractivity contribution is 0.0276. The molecule has 0 bridgehead atoms. The molecule has 1 atom stereocenters. The summed E-state index contributed by atoms with van der Waals surface area (Å²) in [6.45, 7) is 11.2. The minimum absolute atomic E-state index is 0.234. The number of carbonyl (C=O) groups is 2. The highest BCUT2D eigenvalue weighted by molar-refractivity contribution is 5.89. The van der Waals surface area contributed by atoms with Crippen molar-refractivity contribution in [1.29, 1.82) is 0 Å². The lowest BCUT2D eigenvalue weighted by Crippen LogP contribution is -2.38. The Hall–Kier alpha value is -2.02. The fraction of sp³-hybridized carbons (Fsp3) is 0.667. The first-order valence-electron chi connectivity index (χ1n) is 8.45. The molecule has 2 N–H and O–H groups in total. The maximum Gasteiger partial charge on any atom is 0.410 e. The Morgan fingerprint density at radius 2 is 2.00 bits per heavy atom. The number of carboxylic acid groups (broad SMARTS) is 1. The van der Waals surface area contributed by atoms with Crippen LogP contribution in [-0.4, -0.2) is 52.4 Å². The smallest absolute Gasteiger partial charge is 0.410 e. The van der Waals surface area contributed by atoms with Gasteiger partial charge in [-0.1, -0.05) is 6.92 Å². The summed E-state index contributed by atoms with van der Waals surface area (Å²) in [7, 11) is 3.59. The lowest BCUT2D eigenvalue weighted by atomic mass is 10.1. The zero-order valence-corrected chi connectivity index (χ0v) is 16.3. The minimum atomic E-state index is -0.910. The van der Waals surface area contributed by atoms with E-state index in [0.717, 1.165) is 11.4 Å². The number of rotatable bonds is 7. The van der Waals surface area contributed by atoms with Crippen molar-refractivity contribution in [3.8, 4) is 0 Å². The van der Waals surface area contributed by atoms with E-state index >= 15 is 0 Å². The number of aromatic nitrogens is 1. The fourth-order valence-corrected chi connectivity index (χ4v) is 2.54. The molecule has 0 aliphatic carbocycles. The van der Waals surface area contributed by atoms with E-state index in [1.807, 2.05) is 39.3 Å². The Bertz CT molecular complexity index is 617. The quantitative estimate of drug-likeness (QED) is 0.787. The van der Waals surface area contributed by atoms with Crippen molar-refractivity contribution in [2.45, 2.75) is 46.8 Å².